The Kier molecular flexibility index (Phi) is 3.06. The molecule has 5 nitrogen and oxygen atoms in total. The Bertz CT molecular complexity index is 164. The molecule has 9 heavy (non-hydrogen) atoms. The Morgan fingerprint density at radius 2 is 2.22 bits per heavy atom. The molecule has 6 heteroatoms. The van der Waals surface area contributed by atoms with Gasteiger partial charge in [0.15, 0.2) is 0 Å². The van der Waals surface area contributed by atoms with E-state index in [1.54, 1.807) is 7.05 Å². The van der Waals surface area contributed by atoms with E-state index in [4.69, 9.17) is 10.3 Å². The topological polar surface area (TPSA) is 92.4 Å². The van der Waals surface area contributed by atoms with Crippen molar-refractivity contribution in [3.8, 4) is 0 Å². The second-order valence-corrected chi connectivity index (χ2v) is 3.25. The van der Waals surface area contributed by atoms with Crippen molar-refractivity contribution < 1.29 is 13.0 Å². The van der Waals surface area contributed by atoms with Crippen molar-refractivity contribution in [2.24, 2.45) is 5.73 Å². The van der Waals surface area contributed by atoms with Crippen LogP contribution in [0.5, 0.6) is 0 Å². The van der Waals surface area contributed by atoms with Crippen LogP contribution in [0.2, 0.25) is 0 Å². The molecule has 1 atom stereocenters. The van der Waals surface area contributed by atoms with E-state index in [9.17, 15) is 8.42 Å². The summed E-state index contributed by atoms with van der Waals surface area (Å²) in [5.41, 5.74) is 4.96. The molecule has 56 valence electrons. The zero-order chi connectivity index (χ0) is 7.49. The van der Waals surface area contributed by atoms with Crippen LogP contribution >= 0.6 is 0 Å². The summed E-state index contributed by atoms with van der Waals surface area (Å²) in [5.74, 6) is 0. The smallest absolute Gasteiger partial charge is 0.282 e. The van der Waals surface area contributed by atoms with Crippen molar-refractivity contribution in [1.82, 2.24) is 5.32 Å². The quantitative estimate of drug-likeness (QED) is 0.425. The maximum atomic E-state index is 10.1. The van der Waals surface area contributed by atoms with Gasteiger partial charge in [0.05, 0.1) is 0 Å². The predicted octanol–water partition coefficient (Wildman–Crippen LogP) is -1.62. The van der Waals surface area contributed by atoms with Crippen LogP contribution in [0, 0.1) is 0 Å². The first-order valence-corrected chi connectivity index (χ1v) is 3.85. The van der Waals surface area contributed by atoms with Gasteiger partial charge >= 0.3 is 0 Å². The fourth-order valence-electron chi connectivity index (χ4n) is 0.306. The average Bonchev–Trinajstić information content (AvgIpc) is 1.64. The molecule has 0 heterocycles. The Morgan fingerprint density at radius 3 is 2.33 bits per heavy atom. The number of rotatable bonds is 3. The highest BCUT2D eigenvalue weighted by atomic mass is 32.2. The summed E-state index contributed by atoms with van der Waals surface area (Å²) in [6, 6.07) is 0. The lowest BCUT2D eigenvalue weighted by Gasteiger charge is -2.04. The molecule has 0 bridgehead atoms. The van der Waals surface area contributed by atoms with Crippen molar-refractivity contribution in [2.75, 3.05) is 13.6 Å². The van der Waals surface area contributed by atoms with Gasteiger partial charge in [-0.25, -0.2) is 0 Å². The standard InChI is InChI=1S/C3H10N2O3S/c1-5-2-3(4)9(6,7)8/h3,5H,2,4H2,1H3,(H,6,7,8). The molecule has 0 spiro atoms. The van der Waals surface area contributed by atoms with Gasteiger partial charge in [-0.3, -0.25) is 4.55 Å². The summed E-state index contributed by atoms with van der Waals surface area (Å²) >= 11 is 0. The normalized spacial score (nSPS) is 15.4. The maximum Gasteiger partial charge on any atom is 0.282 e. The Morgan fingerprint density at radius 1 is 1.78 bits per heavy atom. The van der Waals surface area contributed by atoms with Crippen molar-refractivity contribution in [3.05, 3.63) is 0 Å². The van der Waals surface area contributed by atoms with Crippen LogP contribution in [-0.2, 0) is 10.1 Å². The fourth-order valence-corrected chi connectivity index (χ4v) is 0.684. The molecular formula is C3H10N2O3S. The highest BCUT2D eigenvalue weighted by Crippen LogP contribution is 1.86. The van der Waals surface area contributed by atoms with E-state index < -0.39 is 15.5 Å². The van der Waals surface area contributed by atoms with Gasteiger partial charge in [0.2, 0.25) is 0 Å². The van der Waals surface area contributed by atoms with Crippen LogP contribution in [0.3, 0.4) is 0 Å². The van der Waals surface area contributed by atoms with Crippen molar-refractivity contribution in [1.29, 1.82) is 0 Å². The molecule has 0 fully saturated rings. The van der Waals surface area contributed by atoms with Gasteiger partial charge in [0, 0.05) is 6.54 Å². The SMILES string of the molecule is CNCC(N)S(=O)(=O)O. The van der Waals surface area contributed by atoms with E-state index in [1.165, 1.54) is 0 Å². The third-order valence-electron chi connectivity index (χ3n) is 0.788. The van der Waals surface area contributed by atoms with E-state index in [0.29, 0.717) is 0 Å². The van der Waals surface area contributed by atoms with Crippen LogP contribution in [0.1, 0.15) is 0 Å². The van der Waals surface area contributed by atoms with Gasteiger partial charge in [0.25, 0.3) is 10.1 Å². The zero-order valence-corrected chi connectivity index (χ0v) is 5.85. The Hall–Kier alpha value is -0.170. The molecule has 0 rings (SSSR count). The largest absolute Gasteiger partial charge is 0.317 e. The monoisotopic (exact) mass is 154 g/mol. The van der Waals surface area contributed by atoms with Gasteiger partial charge in [0.1, 0.15) is 5.37 Å². The minimum Gasteiger partial charge on any atom is -0.317 e. The average molecular weight is 154 g/mol. The molecule has 0 aliphatic rings. The molecule has 0 saturated heterocycles. The minimum atomic E-state index is -4.05. The lowest BCUT2D eigenvalue weighted by molar-refractivity contribution is 0.465. The van der Waals surface area contributed by atoms with E-state index in [2.05, 4.69) is 5.32 Å². The molecule has 4 N–H and O–H groups in total. The van der Waals surface area contributed by atoms with Gasteiger partial charge in [-0.05, 0) is 7.05 Å². The van der Waals surface area contributed by atoms with Gasteiger partial charge < -0.3 is 11.1 Å². The van der Waals surface area contributed by atoms with Crippen LogP contribution < -0.4 is 11.1 Å². The second-order valence-electron chi connectivity index (χ2n) is 1.61. The fraction of sp³-hybridized carbons (Fsp3) is 1.00. The van der Waals surface area contributed by atoms with E-state index >= 15 is 0 Å². The lowest BCUT2D eigenvalue weighted by Crippen LogP contribution is -2.38. The van der Waals surface area contributed by atoms with Crippen LogP contribution in [0.25, 0.3) is 0 Å². The number of hydrogen-bond donors (Lipinski definition) is 3. The van der Waals surface area contributed by atoms with Gasteiger partial charge in [-0.2, -0.15) is 8.42 Å². The van der Waals surface area contributed by atoms with E-state index in [1.807, 2.05) is 0 Å². The Balaban J connectivity index is 3.90. The highest BCUT2D eigenvalue weighted by molar-refractivity contribution is 7.86. The van der Waals surface area contributed by atoms with E-state index in [-0.39, 0.29) is 6.54 Å². The molecule has 0 aromatic rings. The number of likely N-dealkylation sites (N-methyl/N-ethyl adjacent to an activating group) is 1. The summed E-state index contributed by atoms with van der Waals surface area (Å²) in [4.78, 5) is 0. The first-order valence-electron chi connectivity index (χ1n) is 2.35. The molecule has 0 aliphatic carbocycles. The third-order valence-corrected chi connectivity index (χ3v) is 1.72. The van der Waals surface area contributed by atoms with Crippen LogP contribution in [0.15, 0.2) is 0 Å². The predicted molar refractivity (Wildman–Crippen MR) is 33.5 cm³/mol. The summed E-state index contributed by atoms with van der Waals surface area (Å²) in [6.07, 6.45) is 0. The second kappa shape index (κ2) is 3.11. The number of hydrogen-bond acceptors (Lipinski definition) is 4. The first-order chi connectivity index (χ1) is 3.98. The molecular weight excluding hydrogens is 144 g/mol. The third kappa shape index (κ3) is 3.41. The van der Waals surface area contributed by atoms with E-state index in [0.717, 1.165) is 0 Å². The summed E-state index contributed by atoms with van der Waals surface area (Å²) in [7, 11) is -2.50. The zero-order valence-electron chi connectivity index (χ0n) is 5.03. The number of nitrogens with two attached hydrogens (primary N) is 1. The molecule has 1 unspecified atom stereocenters. The first kappa shape index (κ1) is 8.83. The molecule has 0 amide bonds. The minimum absolute atomic E-state index is 0.0544. The lowest BCUT2D eigenvalue weighted by atomic mass is 10.6. The maximum absolute atomic E-state index is 10.1. The molecule has 0 radical (unpaired) electrons. The highest BCUT2D eigenvalue weighted by Gasteiger charge is 2.15. The van der Waals surface area contributed by atoms with Gasteiger partial charge in [-0.15, -0.1) is 0 Å². The van der Waals surface area contributed by atoms with Crippen molar-refractivity contribution in [2.45, 2.75) is 5.37 Å². The summed E-state index contributed by atoms with van der Waals surface area (Å²) in [5, 5.41) is 1.29. The Labute approximate surface area is 54.0 Å². The van der Waals surface area contributed by atoms with Crippen molar-refractivity contribution >= 4 is 10.1 Å². The molecule has 0 aromatic heterocycles. The van der Waals surface area contributed by atoms with Crippen LogP contribution in [-0.4, -0.2) is 31.9 Å². The summed E-state index contributed by atoms with van der Waals surface area (Å²) < 4.78 is 28.4. The molecule has 0 aliphatic heterocycles. The van der Waals surface area contributed by atoms with Crippen molar-refractivity contribution in [3.63, 3.8) is 0 Å². The number of nitrogens with one attached hydrogen (secondary N) is 1. The van der Waals surface area contributed by atoms with Crippen LogP contribution in [0.4, 0.5) is 0 Å². The molecule has 0 saturated carbocycles. The van der Waals surface area contributed by atoms with Gasteiger partial charge in [-0.1, -0.05) is 0 Å². The molecule has 0 aromatic carbocycles. The summed E-state index contributed by atoms with van der Waals surface area (Å²) in [6.45, 7) is 0.0544.